The van der Waals surface area contributed by atoms with Crippen LogP contribution in [-0.4, -0.2) is 9.97 Å². The van der Waals surface area contributed by atoms with Gasteiger partial charge in [0, 0.05) is 4.88 Å². The standard InChI is InChI=1S/C9H6ClFN2S/c1-5-2-3-7(14-5)8-6(11)4-12-9(10)13-8/h2-4H,1H3. The Morgan fingerprint density at radius 1 is 1.43 bits per heavy atom. The van der Waals surface area contributed by atoms with Gasteiger partial charge in [-0.3, -0.25) is 0 Å². The maximum Gasteiger partial charge on any atom is 0.223 e. The van der Waals surface area contributed by atoms with Crippen molar-refractivity contribution in [3.8, 4) is 10.6 Å². The van der Waals surface area contributed by atoms with Gasteiger partial charge in [0.1, 0.15) is 5.69 Å². The summed E-state index contributed by atoms with van der Waals surface area (Å²) in [5, 5.41) is 0.0625. The third-order valence-electron chi connectivity index (χ3n) is 1.69. The molecule has 0 saturated carbocycles. The average molecular weight is 229 g/mol. The molecule has 0 saturated heterocycles. The summed E-state index contributed by atoms with van der Waals surface area (Å²) in [7, 11) is 0. The number of aromatic nitrogens is 2. The molecule has 2 aromatic heterocycles. The number of aryl methyl sites for hydroxylation is 1. The molecule has 0 atom stereocenters. The van der Waals surface area contributed by atoms with Gasteiger partial charge in [-0.05, 0) is 30.7 Å². The molecule has 0 N–H and O–H groups in total. The Kier molecular flexibility index (Phi) is 2.48. The molecular formula is C9H6ClFN2S. The molecule has 0 radical (unpaired) electrons. The van der Waals surface area contributed by atoms with Crippen LogP contribution in [0.1, 0.15) is 4.88 Å². The van der Waals surface area contributed by atoms with Gasteiger partial charge in [0.05, 0.1) is 11.1 Å². The second kappa shape index (κ2) is 3.63. The number of thiophene rings is 1. The van der Waals surface area contributed by atoms with Gasteiger partial charge >= 0.3 is 0 Å². The van der Waals surface area contributed by atoms with E-state index < -0.39 is 5.82 Å². The summed E-state index contributed by atoms with van der Waals surface area (Å²) in [5.41, 5.74) is 0.267. The molecule has 0 fully saturated rings. The van der Waals surface area contributed by atoms with E-state index in [0.29, 0.717) is 0 Å². The first-order valence-electron chi connectivity index (χ1n) is 3.91. The van der Waals surface area contributed by atoms with Crippen LogP contribution in [0.2, 0.25) is 5.28 Å². The van der Waals surface area contributed by atoms with Crippen LogP contribution in [0.15, 0.2) is 18.3 Å². The topological polar surface area (TPSA) is 25.8 Å². The average Bonchev–Trinajstić information content (AvgIpc) is 2.56. The highest BCUT2D eigenvalue weighted by molar-refractivity contribution is 7.15. The second-order valence-electron chi connectivity index (χ2n) is 2.75. The van der Waals surface area contributed by atoms with Gasteiger partial charge < -0.3 is 0 Å². The van der Waals surface area contributed by atoms with Crippen LogP contribution in [0.5, 0.6) is 0 Å². The van der Waals surface area contributed by atoms with Crippen LogP contribution in [-0.2, 0) is 0 Å². The van der Waals surface area contributed by atoms with E-state index in [4.69, 9.17) is 11.6 Å². The minimum absolute atomic E-state index is 0.0625. The molecule has 14 heavy (non-hydrogen) atoms. The van der Waals surface area contributed by atoms with Gasteiger partial charge in [0.15, 0.2) is 5.82 Å². The highest BCUT2D eigenvalue weighted by Crippen LogP contribution is 2.28. The molecule has 2 heterocycles. The van der Waals surface area contributed by atoms with Crippen molar-refractivity contribution in [2.24, 2.45) is 0 Å². The number of nitrogens with zero attached hydrogens (tertiary/aromatic N) is 2. The van der Waals surface area contributed by atoms with E-state index in [-0.39, 0.29) is 11.0 Å². The lowest BCUT2D eigenvalue weighted by atomic mass is 10.3. The maximum atomic E-state index is 13.3. The van der Waals surface area contributed by atoms with E-state index in [9.17, 15) is 4.39 Å². The van der Waals surface area contributed by atoms with Gasteiger partial charge in [-0.1, -0.05) is 0 Å². The molecule has 0 amide bonds. The second-order valence-corrected chi connectivity index (χ2v) is 4.37. The van der Waals surface area contributed by atoms with Gasteiger partial charge in [0.25, 0.3) is 0 Å². The molecule has 0 bridgehead atoms. The van der Waals surface area contributed by atoms with E-state index in [1.54, 1.807) is 0 Å². The third kappa shape index (κ3) is 1.76. The van der Waals surface area contributed by atoms with E-state index >= 15 is 0 Å². The fraction of sp³-hybridized carbons (Fsp3) is 0.111. The number of hydrogen-bond acceptors (Lipinski definition) is 3. The van der Waals surface area contributed by atoms with Crippen molar-refractivity contribution in [1.82, 2.24) is 9.97 Å². The van der Waals surface area contributed by atoms with Gasteiger partial charge in [-0.15, -0.1) is 11.3 Å². The summed E-state index contributed by atoms with van der Waals surface area (Å²) in [6.07, 6.45) is 1.08. The maximum absolute atomic E-state index is 13.3. The fourth-order valence-electron chi connectivity index (χ4n) is 1.08. The Hall–Kier alpha value is -1.00. The molecule has 2 rings (SSSR count). The Morgan fingerprint density at radius 3 is 2.86 bits per heavy atom. The first-order valence-corrected chi connectivity index (χ1v) is 5.11. The van der Waals surface area contributed by atoms with Crippen molar-refractivity contribution in [2.75, 3.05) is 0 Å². The zero-order valence-electron chi connectivity index (χ0n) is 7.29. The van der Waals surface area contributed by atoms with Crippen molar-refractivity contribution < 1.29 is 4.39 Å². The zero-order chi connectivity index (χ0) is 10.1. The predicted molar refractivity (Wildman–Crippen MR) is 55.1 cm³/mol. The normalized spacial score (nSPS) is 10.5. The Labute approximate surface area is 89.4 Å². The molecule has 0 spiro atoms. The molecule has 0 aromatic carbocycles. The number of rotatable bonds is 1. The van der Waals surface area contributed by atoms with Crippen molar-refractivity contribution in [1.29, 1.82) is 0 Å². The molecule has 2 nitrogen and oxygen atoms in total. The van der Waals surface area contributed by atoms with E-state index in [0.717, 1.165) is 16.0 Å². The molecule has 0 unspecified atom stereocenters. The minimum atomic E-state index is -0.448. The molecule has 0 aliphatic heterocycles. The largest absolute Gasteiger partial charge is 0.223 e. The van der Waals surface area contributed by atoms with E-state index in [1.165, 1.54) is 11.3 Å². The summed E-state index contributed by atoms with van der Waals surface area (Å²) in [4.78, 5) is 9.28. The first-order chi connectivity index (χ1) is 6.66. The van der Waals surface area contributed by atoms with Crippen molar-refractivity contribution in [3.05, 3.63) is 34.3 Å². The molecule has 0 aliphatic rings. The van der Waals surface area contributed by atoms with Gasteiger partial charge in [-0.2, -0.15) is 0 Å². The Bertz CT molecular complexity index is 470. The van der Waals surface area contributed by atoms with Crippen molar-refractivity contribution in [3.63, 3.8) is 0 Å². The summed E-state index contributed by atoms with van der Waals surface area (Å²) < 4.78 is 13.3. The molecule has 2 aromatic rings. The Balaban J connectivity index is 2.55. The van der Waals surface area contributed by atoms with Gasteiger partial charge in [-0.25, -0.2) is 14.4 Å². The molecule has 0 aliphatic carbocycles. The minimum Gasteiger partial charge on any atom is -0.223 e. The van der Waals surface area contributed by atoms with Crippen molar-refractivity contribution in [2.45, 2.75) is 6.92 Å². The molecular weight excluding hydrogens is 223 g/mol. The smallest absolute Gasteiger partial charge is 0.223 e. The summed E-state index contributed by atoms with van der Waals surface area (Å²) in [6, 6.07) is 3.73. The molecule has 5 heteroatoms. The van der Waals surface area contributed by atoms with Crippen LogP contribution >= 0.6 is 22.9 Å². The highest BCUT2D eigenvalue weighted by atomic mass is 35.5. The van der Waals surface area contributed by atoms with Crippen LogP contribution < -0.4 is 0 Å². The Morgan fingerprint density at radius 2 is 2.21 bits per heavy atom. The lowest BCUT2D eigenvalue weighted by Gasteiger charge is -1.97. The van der Waals surface area contributed by atoms with Crippen LogP contribution in [0.4, 0.5) is 4.39 Å². The van der Waals surface area contributed by atoms with Crippen LogP contribution in [0.3, 0.4) is 0 Å². The van der Waals surface area contributed by atoms with Gasteiger partial charge in [0.2, 0.25) is 5.28 Å². The summed E-state index contributed by atoms with van der Waals surface area (Å²) >= 11 is 7.06. The predicted octanol–water partition coefficient (Wildman–Crippen LogP) is 3.31. The monoisotopic (exact) mass is 228 g/mol. The zero-order valence-corrected chi connectivity index (χ0v) is 8.86. The van der Waals surface area contributed by atoms with Crippen LogP contribution in [0, 0.1) is 12.7 Å². The lowest BCUT2D eigenvalue weighted by molar-refractivity contribution is 0.618. The van der Waals surface area contributed by atoms with E-state index in [1.807, 2.05) is 19.1 Å². The van der Waals surface area contributed by atoms with Crippen molar-refractivity contribution >= 4 is 22.9 Å². The molecule has 72 valence electrons. The lowest BCUT2D eigenvalue weighted by Crippen LogP contribution is -1.90. The highest BCUT2D eigenvalue weighted by Gasteiger charge is 2.09. The van der Waals surface area contributed by atoms with E-state index in [2.05, 4.69) is 9.97 Å². The third-order valence-corrected chi connectivity index (χ3v) is 2.88. The first kappa shape index (κ1) is 9.55. The van der Waals surface area contributed by atoms with Crippen LogP contribution in [0.25, 0.3) is 10.6 Å². The summed E-state index contributed by atoms with van der Waals surface area (Å²) in [6.45, 7) is 1.95. The quantitative estimate of drug-likeness (QED) is 0.700. The SMILES string of the molecule is Cc1ccc(-c2nc(Cl)ncc2F)s1. The summed E-state index contributed by atoms with van der Waals surface area (Å²) in [5.74, 6) is -0.448. The fourth-order valence-corrected chi connectivity index (χ4v) is 2.07. The number of hydrogen-bond donors (Lipinski definition) is 0. The number of halogens is 2.